The molecular weight excluding hydrogens is 374 g/mol. The van der Waals surface area contributed by atoms with Crippen LogP contribution in [0, 0.1) is 0 Å². The fourth-order valence-electron chi connectivity index (χ4n) is 2.54. The normalized spacial score (nSPS) is 18.7. The van der Waals surface area contributed by atoms with Crippen molar-refractivity contribution in [3.05, 3.63) is 28.1 Å². The van der Waals surface area contributed by atoms with Crippen LogP contribution in [-0.2, 0) is 13.6 Å². The van der Waals surface area contributed by atoms with Gasteiger partial charge in [-0.25, -0.2) is 8.78 Å². The Hall–Kier alpha value is -1.48. The summed E-state index contributed by atoms with van der Waals surface area (Å²) in [6.45, 7) is 2.47. The Morgan fingerprint density at radius 2 is 2.09 bits per heavy atom. The van der Waals surface area contributed by atoms with Gasteiger partial charge in [-0.2, -0.15) is 5.10 Å². The number of aromatic nitrogens is 4. The molecule has 126 valence electrons. The van der Waals surface area contributed by atoms with Crippen molar-refractivity contribution in [1.82, 2.24) is 19.6 Å². The second kappa shape index (κ2) is 5.86. The number of halogens is 3. The summed E-state index contributed by atoms with van der Waals surface area (Å²) in [6.07, 6.45) is 1.12. The van der Waals surface area contributed by atoms with Crippen LogP contribution in [0.3, 0.4) is 0 Å². The Morgan fingerprint density at radius 1 is 1.39 bits per heavy atom. The van der Waals surface area contributed by atoms with Crippen molar-refractivity contribution in [2.24, 2.45) is 7.05 Å². The lowest BCUT2D eigenvalue weighted by Crippen LogP contribution is -2.43. The predicted octanol–water partition coefficient (Wildman–Crippen LogP) is 2.66. The summed E-state index contributed by atoms with van der Waals surface area (Å²) in [5.41, 5.74) is 1.00. The van der Waals surface area contributed by atoms with Gasteiger partial charge in [0, 0.05) is 44.4 Å². The van der Waals surface area contributed by atoms with Crippen LogP contribution in [0.1, 0.15) is 37.0 Å². The first kappa shape index (κ1) is 16.4. The first-order chi connectivity index (χ1) is 10.8. The lowest BCUT2D eigenvalue weighted by atomic mass is 9.91. The van der Waals surface area contributed by atoms with Gasteiger partial charge in [0.05, 0.1) is 5.56 Å². The van der Waals surface area contributed by atoms with E-state index in [0.717, 1.165) is 0 Å². The highest BCUT2D eigenvalue weighted by atomic mass is 79.9. The number of ether oxygens (including phenoxy) is 1. The number of hydrogen-bond acceptors (Lipinski definition) is 4. The van der Waals surface area contributed by atoms with E-state index in [1.54, 1.807) is 28.8 Å². The lowest BCUT2D eigenvalue weighted by Gasteiger charge is -2.34. The van der Waals surface area contributed by atoms with E-state index in [2.05, 4.69) is 26.1 Å². The minimum Gasteiger partial charge on any atom is -0.473 e. The van der Waals surface area contributed by atoms with Gasteiger partial charge in [-0.05, 0) is 22.9 Å². The summed E-state index contributed by atoms with van der Waals surface area (Å²) in [7, 11) is 1.74. The Bertz CT molecular complexity index is 708. The molecule has 0 saturated heterocycles. The molecule has 0 amide bonds. The molecule has 1 unspecified atom stereocenters. The first-order valence-corrected chi connectivity index (χ1v) is 8.07. The predicted molar refractivity (Wildman–Crippen MR) is 81.5 cm³/mol. The molecule has 23 heavy (non-hydrogen) atoms. The van der Waals surface area contributed by atoms with E-state index in [4.69, 9.17) is 4.74 Å². The molecule has 0 radical (unpaired) electrons. The zero-order valence-electron chi connectivity index (χ0n) is 12.7. The molecule has 2 aromatic rings. The summed E-state index contributed by atoms with van der Waals surface area (Å²) in [5.74, 6) is -2.47. The van der Waals surface area contributed by atoms with Gasteiger partial charge in [0.15, 0.2) is 0 Å². The van der Waals surface area contributed by atoms with Crippen LogP contribution < -0.4 is 4.74 Å². The zero-order chi connectivity index (χ0) is 16.8. The van der Waals surface area contributed by atoms with Crippen molar-refractivity contribution < 1.29 is 18.6 Å². The number of aliphatic hydroxyl groups is 1. The van der Waals surface area contributed by atoms with Crippen molar-refractivity contribution in [3.63, 3.8) is 0 Å². The summed E-state index contributed by atoms with van der Waals surface area (Å²) in [6, 6.07) is 0. The van der Waals surface area contributed by atoms with Crippen molar-refractivity contribution >= 4 is 15.9 Å². The Labute approximate surface area is 140 Å². The van der Waals surface area contributed by atoms with E-state index < -0.39 is 18.1 Å². The number of alkyl halides is 2. The van der Waals surface area contributed by atoms with Gasteiger partial charge in [-0.1, -0.05) is 0 Å². The molecule has 0 spiro atoms. The Morgan fingerprint density at radius 3 is 2.61 bits per heavy atom. The SMILES string of the molecule is CCn1cc(C(O)c2cn(C)nc2Br)c(OC2CC(F)(F)C2)n1. The number of nitrogens with zero attached hydrogens (tertiary/aromatic N) is 4. The molecule has 1 saturated carbocycles. The maximum atomic E-state index is 13.0. The largest absolute Gasteiger partial charge is 0.473 e. The molecule has 1 N–H and O–H groups in total. The maximum absolute atomic E-state index is 13.0. The molecular formula is C14H17BrF2N4O2. The molecule has 9 heteroatoms. The summed E-state index contributed by atoms with van der Waals surface area (Å²) in [5, 5.41) is 19.0. The van der Waals surface area contributed by atoms with Gasteiger partial charge in [0.1, 0.15) is 16.8 Å². The fraction of sp³-hybridized carbons (Fsp3) is 0.571. The fourth-order valence-corrected chi connectivity index (χ4v) is 3.11. The van der Waals surface area contributed by atoms with Crippen LogP contribution in [0.4, 0.5) is 8.78 Å². The van der Waals surface area contributed by atoms with Crippen molar-refractivity contribution in [1.29, 1.82) is 0 Å². The number of hydrogen-bond donors (Lipinski definition) is 1. The molecule has 2 heterocycles. The zero-order valence-corrected chi connectivity index (χ0v) is 14.3. The Balaban J connectivity index is 1.86. The second-order valence-electron chi connectivity index (χ2n) is 5.70. The highest BCUT2D eigenvalue weighted by molar-refractivity contribution is 9.10. The van der Waals surface area contributed by atoms with E-state index in [1.165, 1.54) is 0 Å². The van der Waals surface area contributed by atoms with Crippen LogP contribution in [0.15, 0.2) is 17.0 Å². The van der Waals surface area contributed by atoms with Crippen LogP contribution in [0.25, 0.3) is 0 Å². The average Bonchev–Trinajstić information content (AvgIpc) is 2.99. The molecule has 0 aromatic carbocycles. The van der Waals surface area contributed by atoms with Crippen molar-refractivity contribution in [2.75, 3.05) is 0 Å². The molecule has 6 nitrogen and oxygen atoms in total. The molecule has 1 fully saturated rings. The van der Waals surface area contributed by atoms with Gasteiger partial charge in [0.25, 0.3) is 5.92 Å². The van der Waals surface area contributed by atoms with Gasteiger partial charge in [-0.3, -0.25) is 9.36 Å². The highest BCUT2D eigenvalue weighted by Gasteiger charge is 2.47. The number of aliphatic hydroxyl groups excluding tert-OH is 1. The maximum Gasteiger partial charge on any atom is 0.255 e. The van der Waals surface area contributed by atoms with E-state index in [1.807, 2.05) is 6.92 Å². The molecule has 0 aliphatic heterocycles. The highest BCUT2D eigenvalue weighted by Crippen LogP contribution is 2.41. The standard InChI is InChI=1S/C14H17BrF2N4O2/c1-3-21-7-10(11(22)9-6-20(2)18-12(9)15)13(19-21)23-8-4-14(16,17)5-8/h6-8,11,22H,3-5H2,1-2H3. The van der Waals surface area contributed by atoms with Crippen LogP contribution >= 0.6 is 15.9 Å². The average molecular weight is 391 g/mol. The van der Waals surface area contributed by atoms with E-state index in [0.29, 0.717) is 22.3 Å². The third kappa shape index (κ3) is 3.25. The van der Waals surface area contributed by atoms with E-state index in [-0.39, 0.29) is 18.7 Å². The van der Waals surface area contributed by atoms with Gasteiger partial charge in [0.2, 0.25) is 5.88 Å². The smallest absolute Gasteiger partial charge is 0.255 e. The van der Waals surface area contributed by atoms with Crippen LogP contribution in [-0.4, -0.2) is 36.7 Å². The molecule has 1 aliphatic rings. The monoisotopic (exact) mass is 390 g/mol. The first-order valence-electron chi connectivity index (χ1n) is 7.28. The Kier molecular flexibility index (Phi) is 4.18. The van der Waals surface area contributed by atoms with E-state index >= 15 is 0 Å². The minimum atomic E-state index is -2.66. The molecule has 2 aromatic heterocycles. The topological polar surface area (TPSA) is 65.1 Å². The molecule has 1 aliphatic carbocycles. The van der Waals surface area contributed by atoms with Gasteiger partial charge in [-0.15, -0.1) is 5.10 Å². The summed E-state index contributed by atoms with van der Waals surface area (Å²) < 4.78 is 35.2. The van der Waals surface area contributed by atoms with Gasteiger partial charge >= 0.3 is 0 Å². The minimum absolute atomic E-state index is 0.190. The van der Waals surface area contributed by atoms with Crippen LogP contribution in [0.2, 0.25) is 0 Å². The number of aryl methyl sites for hydroxylation is 2. The van der Waals surface area contributed by atoms with Crippen molar-refractivity contribution in [3.8, 4) is 5.88 Å². The molecule has 1 atom stereocenters. The van der Waals surface area contributed by atoms with Gasteiger partial charge < -0.3 is 9.84 Å². The number of rotatable bonds is 5. The van der Waals surface area contributed by atoms with Crippen molar-refractivity contribution in [2.45, 2.75) is 44.4 Å². The summed E-state index contributed by atoms with van der Waals surface area (Å²) in [4.78, 5) is 0. The quantitative estimate of drug-likeness (QED) is 0.852. The van der Waals surface area contributed by atoms with E-state index in [9.17, 15) is 13.9 Å². The van der Waals surface area contributed by atoms with Crippen LogP contribution in [0.5, 0.6) is 5.88 Å². The lowest BCUT2D eigenvalue weighted by molar-refractivity contribution is -0.135. The third-order valence-corrected chi connectivity index (χ3v) is 4.42. The molecule has 3 rings (SSSR count). The molecule has 0 bridgehead atoms. The third-order valence-electron chi connectivity index (χ3n) is 3.81. The summed E-state index contributed by atoms with van der Waals surface area (Å²) >= 11 is 3.29. The second-order valence-corrected chi connectivity index (χ2v) is 6.45.